The second kappa shape index (κ2) is 6.00. The lowest BCUT2D eigenvalue weighted by molar-refractivity contribution is -0.143. The molecule has 0 saturated carbocycles. The number of fused-ring (bicyclic) bond motifs is 1. The number of ketones is 1. The molecule has 6 nitrogen and oxygen atoms in total. The van der Waals surface area contributed by atoms with E-state index < -0.39 is 11.7 Å². The van der Waals surface area contributed by atoms with Crippen LogP contribution in [0.1, 0.15) is 18.7 Å². The molecule has 3 heterocycles. The minimum Gasteiger partial charge on any atom is -0.352 e. The van der Waals surface area contributed by atoms with Crippen molar-refractivity contribution in [2.75, 3.05) is 31.1 Å². The van der Waals surface area contributed by atoms with Gasteiger partial charge in [0.05, 0.1) is 5.39 Å². The van der Waals surface area contributed by atoms with Crippen LogP contribution in [0.15, 0.2) is 12.4 Å². The van der Waals surface area contributed by atoms with Crippen molar-refractivity contribution in [1.29, 1.82) is 0 Å². The van der Waals surface area contributed by atoms with Crippen LogP contribution in [-0.4, -0.2) is 52.7 Å². The topological polar surface area (TPSA) is 66.4 Å². The Bertz CT molecular complexity index is 719. The van der Waals surface area contributed by atoms with Gasteiger partial charge in [0.1, 0.15) is 17.0 Å². The first-order valence-electron chi connectivity index (χ1n) is 7.38. The van der Waals surface area contributed by atoms with E-state index in [9.17, 15) is 9.59 Å². The highest BCUT2D eigenvalue weighted by Crippen LogP contribution is 2.30. The summed E-state index contributed by atoms with van der Waals surface area (Å²) in [5.74, 6) is 0.135. The average Bonchev–Trinajstić information content (AvgIpc) is 2.97. The molecule has 3 rings (SSSR count). The van der Waals surface area contributed by atoms with Gasteiger partial charge in [-0.15, -0.1) is 11.3 Å². The third kappa shape index (κ3) is 2.68. The van der Waals surface area contributed by atoms with Gasteiger partial charge in [0.25, 0.3) is 5.91 Å². The number of thiophene rings is 1. The fraction of sp³-hybridized carbons (Fsp3) is 0.467. The summed E-state index contributed by atoms with van der Waals surface area (Å²) in [7, 11) is 0. The summed E-state index contributed by atoms with van der Waals surface area (Å²) in [4.78, 5) is 37.8. The van der Waals surface area contributed by atoms with Crippen molar-refractivity contribution < 1.29 is 9.59 Å². The number of Topliss-reactive ketones (excluding diaryl/α,β-unsaturated/α-hetero) is 1. The van der Waals surface area contributed by atoms with Crippen molar-refractivity contribution in [3.8, 4) is 0 Å². The van der Waals surface area contributed by atoms with Crippen LogP contribution in [0, 0.1) is 0 Å². The van der Waals surface area contributed by atoms with Crippen LogP contribution < -0.4 is 4.90 Å². The molecule has 0 bridgehead atoms. The monoisotopic (exact) mass is 318 g/mol. The van der Waals surface area contributed by atoms with Crippen LogP contribution in [0.4, 0.5) is 5.82 Å². The van der Waals surface area contributed by atoms with Gasteiger partial charge >= 0.3 is 0 Å². The Balaban J connectivity index is 1.80. The fourth-order valence-electron chi connectivity index (χ4n) is 2.66. The van der Waals surface area contributed by atoms with Crippen LogP contribution >= 0.6 is 11.3 Å². The van der Waals surface area contributed by atoms with E-state index in [0.29, 0.717) is 26.2 Å². The molecule has 2 aromatic rings. The number of carbonyl (C=O) groups excluding carboxylic acids is 2. The minimum absolute atomic E-state index is 0.392. The van der Waals surface area contributed by atoms with Crippen molar-refractivity contribution in [2.24, 2.45) is 0 Å². The first kappa shape index (κ1) is 14.9. The summed E-state index contributed by atoms with van der Waals surface area (Å²) in [6, 6.07) is 2.16. The largest absolute Gasteiger partial charge is 0.352 e. The number of piperazine rings is 1. The van der Waals surface area contributed by atoms with Gasteiger partial charge in [0.2, 0.25) is 5.78 Å². The molecule has 0 atom stereocenters. The third-order valence-corrected chi connectivity index (χ3v) is 5.06. The molecular weight excluding hydrogens is 300 g/mol. The van der Waals surface area contributed by atoms with E-state index in [2.05, 4.69) is 27.9 Å². The zero-order chi connectivity index (χ0) is 15.7. The molecule has 0 N–H and O–H groups in total. The van der Waals surface area contributed by atoms with E-state index in [4.69, 9.17) is 0 Å². The highest BCUT2D eigenvalue weighted by atomic mass is 32.1. The van der Waals surface area contributed by atoms with Crippen molar-refractivity contribution in [1.82, 2.24) is 14.9 Å². The van der Waals surface area contributed by atoms with Crippen molar-refractivity contribution in [2.45, 2.75) is 20.3 Å². The fourth-order valence-corrected chi connectivity index (χ4v) is 3.59. The number of aryl methyl sites for hydroxylation is 1. The van der Waals surface area contributed by atoms with Crippen molar-refractivity contribution in [3.05, 3.63) is 17.3 Å². The molecule has 2 aromatic heterocycles. The van der Waals surface area contributed by atoms with E-state index in [0.717, 1.165) is 22.5 Å². The summed E-state index contributed by atoms with van der Waals surface area (Å²) >= 11 is 1.70. The highest BCUT2D eigenvalue weighted by Gasteiger charge is 2.25. The SMILES string of the molecule is CCc1cc2c(N3CCN(C(=O)C(C)=O)CC3)ncnc2s1. The lowest BCUT2D eigenvalue weighted by atomic mass is 10.2. The number of anilines is 1. The van der Waals surface area contributed by atoms with Crippen LogP contribution in [0.25, 0.3) is 10.2 Å². The Morgan fingerprint density at radius 1 is 1.23 bits per heavy atom. The summed E-state index contributed by atoms with van der Waals surface area (Å²) in [6.45, 7) is 5.92. The molecule has 1 fully saturated rings. The van der Waals surface area contributed by atoms with Crippen LogP contribution in [-0.2, 0) is 16.0 Å². The minimum atomic E-state index is -0.400. The Morgan fingerprint density at radius 2 is 1.95 bits per heavy atom. The number of nitrogens with zero attached hydrogens (tertiary/aromatic N) is 4. The van der Waals surface area contributed by atoms with Gasteiger partial charge in [-0.1, -0.05) is 6.92 Å². The lowest BCUT2D eigenvalue weighted by Crippen LogP contribution is -2.50. The molecule has 1 aliphatic rings. The first-order chi connectivity index (χ1) is 10.6. The maximum absolute atomic E-state index is 11.7. The Morgan fingerprint density at radius 3 is 2.59 bits per heavy atom. The smallest absolute Gasteiger partial charge is 0.289 e. The molecule has 7 heteroatoms. The van der Waals surface area contributed by atoms with Crippen LogP contribution in [0.2, 0.25) is 0 Å². The normalized spacial score (nSPS) is 15.4. The molecule has 0 spiro atoms. The number of rotatable bonds is 3. The summed E-state index contributed by atoms with van der Waals surface area (Å²) in [6.07, 6.45) is 2.59. The predicted octanol–water partition coefficient (Wildman–Crippen LogP) is 1.49. The summed E-state index contributed by atoms with van der Waals surface area (Å²) in [5.41, 5.74) is 0. The van der Waals surface area contributed by atoms with E-state index in [1.54, 1.807) is 22.6 Å². The third-order valence-electron chi connectivity index (χ3n) is 3.88. The Kier molecular flexibility index (Phi) is 4.06. The number of carbonyl (C=O) groups is 2. The molecule has 116 valence electrons. The lowest BCUT2D eigenvalue weighted by Gasteiger charge is -2.35. The van der Waals surface area contributed by atoms with Gasteiger partial charge in [0, 0.05) is 38.0 Å². The zero-order valence-corrected chi connectivity index (χ0v) is 13.5. The first-order valence-corrected chi connectivity index (χ1v) is 8.20. The zero-order valence-electron chi connectivity index (χ0n) is 12.7. The average molecular weight is 318 g/mol. The van der Waals surface area contributed by atoms with E-state index in [1.807, 2.05) is 0 Å². The van der Waals surface area contributed by atoms with E-state index in [1.165, 1.54) is 11.8 Å². The molecule has 0 radical (unpaired) electrons. The molecule has 0 unspecified atom stereocenters. The maximum atomic E-state index is 11.7. The molecule has 0 aromatic carbocycles. The van der Waals surface area contributed by atoms with Gasteiger partial charge in [0.15, 0.2) is 0 Å². The van der Waals surface area contributed by atoms with Gasteiger partial charge < -0.3 is 9.80 Å². The molecule has 0 aliphatic carbocycles. The second-order valence-electron chi connectivity index (χ2n) is 5.32. The van der Waals surface area contributed by atoms with E-state index >= 15 is 0 Å². The number of amides is 1. The molecular formula is C15H18N4O2S. The molecule has 1 aliphatic heterocycles. The standard InChI is InChI=1S/C15H18N4O2S/c1-3-11-8-12-13(16-9-17-14(12)22-11)18-4-6-19(7-5-18)15(21)10(2)20/h8-9H,3-7H2,1-2H3. The van der Waals surface area contributed by atoms with Crippen LogP contribution in [0.5, 0.6) is 0 Å². The number of hydrogen-bond donors (Lipinski definition) is 0. The second-order valence-corrected chi connectivity index (χ2v) is 6.43. The van der Waals surface area contributed by atoms with Gasteiger partial charge in [-0.3, -0.25) is 9.59 Å². The molecule has 1 amide bonds. The molecule has 1 saturated heterocycles. The predicted molar refractivity (Wildman–Crippen MR) is 86.3 cm³/mol. The summed E-state index contributed by atoms with van der Waals surface area (Å²) in [5, 5.41) is 1.08. The Hall–Kier alpha value is -2.02. The summed E-state index contributed by atoms with van der Waals surface area (Å²) < 4.78 is 0. The van der Waals surface area contributed by atoms with Crippen molar-refractivity contribution in [3.63, 3.8) is 0 Å². The van der Waals surface area contributed by atoms with Crippen LogP contribution in [0.3, 0.4) is 0 Å². The van der Waals surface area contributed by atoms with Crippen molar-refractivity contribution >= 4 is 39.1 Å². The van der Waals surface area contributed by atoms with Gasteiger partial charge in [-0.25, -0.2) is 9.97 Å². The number of aromatic nitrogens is 2. The van der Waals surface area contributed by atoms with Gasteiger partial charge in [-0.2, -0.15) is 0 Å². The molecule has 22 heavy (non-hydrogen) atoms. The van der Waals surface area contributed by atoms with E-state index in [-0.39, 0.29) is 0 Å². The van der Waals surface area contributed by atoms with Gasteiger partial charge in [-0.05, 0) is 12.5 Å². The maximum Gasteiger partial charge on any atom is 0.289 e. The quantitative estimate of drug-likeness (QED) is 0.802. The highest BCUT2D eigenvalue weighted by molar-refractivity contribution is 7.18. The Labute approximate surface area is 132 Å². The number of hydrogen-bond acceptors (Lipinski definition) is 6.